The van der Waals surface area contributed by atoms with Crippen molar-refractivity contribution >= 4 is 11.6 Å². The molecule has 0 fully saturated rings. The Labute approximate surface area is 143 Å². The van der Waals surface area contributed by atoms with Gasteiger partial charge in [-0.2, -0.15) is 0 Å². The summed E-state index contributed by atoms with van der Waals surface area (Å²) in [6.07, 6.45) is 3.43. The Morgan fingerprint density at radius 1 is 1.08 bits per heavy atom. The molecule has 0 aliphatic carbocycles. The van der Waals surface area contributed by atoms with Crippen molar-refractivity contribution in [3.63, 3.8) is 0 Å². The molecule has 1 amide bonds. The Hall–Kier alpha value is -2.33. The van der Waals surface area contributed by atoms with Crippen LogP contribution < -0.4 is 10.1 Å². The highest BCUT2D eigenvalue weighted by atomic mass is 16.5. The minimum atomic E-state index is -0.142. The molecular weight excluding hydrogens is 302 g/mol. The summed E-state index contributed by atoms with van der Waals surface area (Å²) in [5.74, 6) is 0.574. The molecule has 0 unspecified atom stereocenters. The highest BCUT2D eigenvalue weighted by molar-refractivity contribution is 6.04. The molecule has 0 aromatic heterocycles. The molecule has 0 bridgehead atoms. The number of rotatable bonds is 8. The normalized spacial score (nSPS) is 10.5. The van der Waals surface area contributed by atoms with Crippen LogP contribution in [0.2, 0.25) is 0 Å². The van der Waals surface area contributed by atoms with Crippen LogP contribution in [0.15, 0.2) is 42.5 Å². The third kappa shape index (κ3) is 4.83. The van der Waals surface area contributed by atoms with E-state index in [9.17, 15) is 4.79 Å². The molecule has 0 saturated heterocycles. The molecule has 2 aromatic rings. The summed E-state index contributed by atoms with van der Waals surface area (Å²) in [4.78, 5) is 12.4. The van der Waals surface area contributed by atoms with Crippen molar-refractivity contribution in [2.45, 2.75) is 32.8 Å². The summed E-state index contributed by atoms with van der Waals surface area (Å²) in [6.45, 7) is 2.58. The van der Waals surface area contributed by atoms with Gasteiger partial charge in [0, 0.05) is 23.9 Å². The average molecular weight is 327 g/mol. The van der Waals surface area contributed by atoms with Crippen molar-refractivity contribution in [2.24, 2.45) is 0 Å². The predicted octanol–water partition coefficient (Wildman–Crippen LogP) is 4.44. The van der Waals surface area contributed by atoms with Crippen LogP contribution in [0.4, 0.5) is 5.69 Å². The van der Waals surface area contributed by atoms with E-state index in [2.05, 4.69) is 24.4 Å². The van der Waals surface area contributed by atoms with Gasteiger partial charge in [0.05, 0.1) is 13.7 Å². The number of nitrogens with one attached hydrogen (secondary N) is 1. The van der Waals surface area contributed by atoms with Crippen molar-refractivity contribution in [1.82, 2.24) is 0 Å². The van der Waals surface area contributed by atoms with Gasteiger partial charge in [-0.05, 0) is 48.7 Å². The Morgan fingerprint density at radius 3 is 2.46 bits per heavy atom. The average Bonchev–Trinajstić information content (AvgIpc) is 2.61. The Balaban J connectivity index is 2.07. The Kier molecular flexibility index (Phi) is 6.82. The summed E-state index contributed by atoms with van der Waals surface area (Å²) in [7, 11) is 3.22. The molecular formula is C20H25NO3. The van der Waals surface area contributed by atoms with Gasteiger partial charge in [0.25, 0.3) is 5.91 Å². The molecule has 1 N–H and O–H groups in total. The van der Waals surface area contributed by atoms with E-state index in [1.807, 2.05) is 12.1 Å². The number of anilines is 1. The van der Waals surface area contributed by atoms with Crippen molar-refractivity contribution in [3.05, 3.63) is 59.2 Å². The summed E-state index contributed by atoms with van der Waals surface area (Å²) in [5, 5.41) is 2.93. The van der Waals surface area contributed by atoms with Crippen molar-refractivity contribution < 1.29 is 14.3 Å². The lowest BCUT2D eigenvalue weighted by atomic mass is 10.1. The number of ether oxygens (including phenoxy) is 2. The number of aryl methyl sites for hydroxylation is 1. The quantitative estimate of drug-likeness (QED) is 0.780. The van der Waals surface area contributed by atoms with Crippen LogP contribution in [0.25, 0.3) is 0 Å². The molecule has 0 aliphatic heterocycles. The second kappa shape index (κ2) is 9.08. The first kappa shape index (κ1) is 18.0. The fourth-order valence-corrected chi connectivity index (χ4v) is 2.53. The lowest BCUT2D eigenvalue weighted by Crippen LogP contribution is -2.12. The largest absolute Gasteiger partial charge is 0.496 e. The molecule has 2 aromatic carbocycles. The summed E-state index contributed by atoms with van der Waals surface area (Å²) in [5.41, 5.74) is 3.52. The maximum absolute atomic E-state index is 12.4. The number of hydrogen-bond acceptors (Lipinski definition) is 3. The molecule has 0 aliphatic rings. The van der Waals surface area contributed by atoms with E-state index in [-0.39, 0.29) is 5.91 Å². The van der Waals surface area contributed by atoms with E-state index in [0.717, 1.165) is 17.7 Å². The van der Waals surface area contributed by atoms with Gasteiger partial charge in [-0.3, -0.25) is 4.79 Å². The second-order valence-corrected chi connectivity index (χ2v) is 5.71. The third-order valence-corrected chi connectivity index (χ3v) is 3.87. The van der Waals surface area contributed by atoms with Crippen LogP contribution >= 0.6 is 0 Å². The van der Waals surface area contributed by atoms with Crippen LogP contribution in [0, 0.1) is 0 Å². The van der Waals surface area contributed by atoms with Gasteiger partial charge in [0.2, 0.25) is 0 Å². The summed E-state index contributed by atoms with van der Waals surface area (Å²) in [6, 6.07) is 13.4. The zero-order chi connectivity index (χ0) is 17.4. The molecule has 2 rings (SSSR count). The van der Waals surface area contributed by atoms with Gasteiger partial charge < -0.3 is 14.8 Å². The monoisotopic (exact) mass is 327 g/mol. The third-order valence-electron chi connectivity index (χ3n) is 3.87. The van der Waals surface area contributed by atoms with Crippen LogP contribution in [-0.4, -0.2) is 20.1 Å². The molecule has 4 nitrogen and oxygen atoms in total. The van der Waals surface area contributed by atoms with E-state index in [0.29, 0.717) is 17.9 Å². The van der Waals surface area contributed by atoms with Gasteiger partial charge >= 0.3 is 0 Å². The Bertz CT molecular complexity index is 665. The van der Waals surface area contributed by atoms with Gasteiger partial charge in [0.15, 0.2) is 0 Å². The molecule has 128 valence electrons. The molecule has 0 heterocycles. The first-order valence-electron chi connectivity index (χ1n) is 8.24. The van der Waals surface area contributed by atoms with Crippen LogP contribution in [-0.2, 0) is 17.8 Å². The maximum Gasteiger partial charge on any atom is 0.255 e. The number of methoxy groups -OCH3 is 2. The standard InChI is InChI=1S/C20H25NO3/c1-4-5-6-15-7-10-18(11-8-15)21-20(22)16-9-12-19(24-3)17(13-16)14-23-2/h7-13H,4-6,14H2,1-3H3,(H,21,22). The number of hydrogen-bond donors (Lipinski definition) is 1. The van der Waals surface area contributed by atoms with Crippen molar-refractivity contribution in [2.75, 3.05) is 19.5 Å². The topological polar surface area (TPSA) is 47.6 Å². The fraction of sp³-hybridized carbons (Fsp3) is 0.350. The van der Waals surface area contributed by atoms with Gasteiger partial charge in [-0.25, -0.2) is 0 Å². The van der Waals surface area contributed by atoms with Crippen LogP contribution in [0.3, 0.4) is 0 Å². The SMILES string of the molecule is CCCCc1ccc(NC(=O)c2ccc(OC)c(COC)c2)cc1. The molecule has 0 radical (unpaired) electrons. The lowest BCUT2D eigenvalue weighted by Gasteiger charge is -2.11. The van der Waals surface area contributed by atoms with Crippen molar-refractivity contribution in [1.29, 1.82) is 0 Å². The fourth-order valence-electron chi connectivity index (χ4n) is 2.53. The minimum Gasteiger partial charge on any atom is -0.496 e. The molecule has 4 heteroatoms. The highest BCUT2D eigenvalue weighted by Gasteiger charge is 2.10. The zero-order valence-corrected chi connectivity index (χ0v) is 14.6. The van der Waals surface area contributed by atoms with E-state index in [1.165, 1.54) is 18.4 Å². The molecule has 0 saturated carbocycles. The smallest absolute Gasteiger partial charge is 0.255 e. The lowest BCUT2D eigenvalue weighted by molar-refractivity contribution is 0.102. The van der Waals surface area contributed by atoms with Gasteiger partial charge in [0.1, 0.15) is 5.75 Å². The maximum atomic E-state index is 12.4. The number of carbonyl (C=O) groups is 1. The van der Waals surface area contributed by atoms with Crippen molar-refractivity contribution in [3.8, 4) is 5.75 Å². The van der Waals surface area contributed by atoms with Gasteiger partial charge in [-0.15, -0.1) is 0 Å². The molecule has 0 spiro atoms. The Morgan fingerprint density at radius 2 is 1.83 bits per heavy atom. The van der Waals surface area contributed by atoms with E-state index >= 15 is 0 Å². The number of carbonyl (C=O) groups excluding carboxylic acids is 1. The van der Waals surface area contributed by atoms with Crippen LogP contribution in [0.1, 0.15) is 41.3 Å². The number of amides is 1. The predicted molar refractivity (Wildman–Crippen MR) is 96.7 cm³/mol. The minimum absolute atomic E-state index is 0.142. The zero-order valence-electron chi connectivity index (χ0n) is 14.6. The van der Waals surface area contributed by atoms with E-state index < -0.39 is 0 Å². The first-order chi connectivity index (χ1) is 11.7. The van der Waals surface area contributed by atoms with Crippen LogP contribution in [0.5, 0.6) is 5.75 Å². The summed E-state index contributed by atoms with van der Waals surface area (Å²) < 4.78 is 10.4. The van der Waals surface area contributed by atoms with E-state index in [4.69, 9.17) is 9.47 Å². The number of benzene rings is 2. The summed E-state index contributed by atoms with van der Waals surface area (Å²) >= 11 is 0. The van der Waals surface area contributed by atoms with E-state index in [1.54, 1.807) is 32.4 Å². The highest BCUT2D eigenvalue weighted by Crippen LogP contribution is 2.21. The molecule has 0 atom stereocenters. The first-order valence-corrected chi connectivity index (χ1v) is 8.24. The number of unbranched alkanes of at least 4 members (excludes halogenated alkanes) is 1. The molecule has 24 heavy (non-hydrogen) atoms. The van der Waals surface area contributed by atoms with Gasteiger partial charge in [-0.1, -0.05) is 25.5 Å². The second-order valence-electron chi connectivity index (χ2n) is 5.71.